The number of allylic oxidation sites excluding steroid dienone is 1. The van der Waals surface area contributed by atoms with Gasteiger partial charge in [-0.15, -0.1) is 6.58 Å². The quantitative estimate of drug-likeness (QED) is 0.643. The van der Waals surface area contributed by atoms with Crippen molar-refractivity contribution in [3.8, 4) is 11.6 Å². The molecule has 20 heavy (non-hydrogen) atoms. The van der Waals surface area contributed by atoms with Gasteiger partial charge in [-0.25, -0.2) is 9.97 Å². The first kappa shape index (κ1) is 14.1. The van der Waals surface area contributed by atoms with Crippen LogP contribution in [0, 0.1) is 0 Å². The third-order valence-corrected chi connectivity index (χ3v) is 2.87. The third-order valence-electron chi connectivity index (χ3n) is 2.87. The Hall–Kier alpha value is -2.36. The second-order valence-corrected chi connectivity index (χ2v) is 4.56. The summed E-state index contributed by atoms with van der Waals surface area (Å²) in [6.07, 6.45) is 6.02. The number of benzene rings is 1. The van der Waals surface area contributed by atoms with Gasteiger partial charge in [-0.3, -0.25) is 0 Å². The zero-order valence-electron chi connectivity index (χ0n) is 11.7. The van der Waals surface area contributed by atoms with Crippen LogP contribution in [-0.4, -0.2) is 9.97 Å². The second-order valence-electron chi connectivity index (χ2n) is 4.56. The summed E-state index contributed by atoms with van der Waals surface area (Å²) >= 11 is 0. The van der Waals surface area contributed by atoms with E-state index < -0.39 is 0 Å². The van der Waals surface area contributed by atoms with Crippen molar-refractivity contribution in [1.82, 2.24) is 9.97 Å². The van der Waals surface area contributed by atoms with E-state index in [0.29, 0.717) is 18.0 Å². The molecule has 2 N–H and O–H groups in total. The predicted molar refractivity (Wildman–Crippen MR) is 80.9 cm³/mol. The lowest BCUT2D eigenvalue weighted by molar-refractivity contribution is 0.455. The number of nitrogen functional groups attached to an aromatic ring is 1. The lowest BCUT2D eigenvalue weighted by Gasteiger charge is -2.10. The van der Waals surface area contributed by atoms with Crippen LogP contribution >= 0.6 is 0 Å². The topological polar surface area (TPSA) is 61.0 Å². The van der Waals surface area contributed by atoms with Crippen molar-refractivity contribution in [1.29, 1.82) is 0 Å². The smallest absolute Gasteiger partial charge is 0.222 e. The highest BCUT2D eigenvalue weighted by Gasteiger charge is 2.06. The first-order valence-corrected chi connectivity index (χ1v) is 6.71. The molecule has 0 aliphatic heterocycles. The zero-order chi connectivity index (χ0) is 14.4. The number of rotatable bonds is 6. The molecule has 2 aromatic rings. The SMILES string of the molecule is C=CCc1cc(N)ccc1Oc1cc(CCC)ncn1. The number of ether oxygens (including phenoxy) is 1. The third kappa shape index (κ3) is 3.57. The van der Waals surface area contributed by atoms with Crippen LogP contribution in [-0.2, 0) is 12.8 Å². The van der Waals surface area contributed by atoms with E-state index in [-0.39, 0.29) is 0 Å². The summed E-state index contributed by atoms with van der Waals surface area (Å²) in [6, 6.07) is 7.44. The monoisotopic (exact) mass is 269 g/mol. The molecule has 4 nitrogen and oxygen atoms in total. The number of aryl methyl sites for hydroxylation is 1. The van der Waals surface area contributed by atoms with Crippen LogP contribution in [0.25, 0.3) is 0 Å². The lowest BCUT2D eigenvalue weighted by atomic mass is 10.1. The molecule has 4 heteroatoms. The summed E-state index contributed by atoms with van der Waals surface area (Å²) in [5, 5.41) is 0. The molecule has 104 valence electrons. The van der Waals surface area contributed by atoms with Crippen LogP contribution in [0.15, 0.2) is 43.2 Å². The van der Waals surface area contributed by atoms with Crippen LogP contribution in [0.2, 0.25) is 0 Å². The van der Waals surface area contributed by atoms with E-state index in [1.165, 1.54) is 6.33 Å². The molecule has 1 heterocycles. The molecular weight excluding hydrogens is 250 g/mol. The number of nitrogens with zero attached hydrogens (tertiary/aromatic N) is 2. The molecule has 0 amide bonds. The first-order valence-electron chi connectivity index (χ1n) is 6.71. The van der Waals surface area contributed by atoms with Crippen molar-refractivity contribution in [2.75, 3.05) is 5.73 Å². The van der Waals surface area contributed by atoms with E-state index in [1.807, 2.05) is 30.3 Å². The van der Waals surface area contributed by atoms with Gasteiger partial charge in [-0.2, -0.15) is 0 Å². The van der Waals surface area contributed by atoms with Crippen LogP contribution in [0.3, 0.4) is 0 Å². The summed E-state index contributed by atoms with van der Waals surface area (Å²) in [5.41, 5.74) is 8.49. The number of nitrogens with two attached hydrogens (primary N) is 1. The Kier molecular flexibility index (Phi) is 4.71. The summed E-state index contributed by atoms with van der Waals surface area (Å²) < 4.78 is 5.85. The molecule has 2 rings (SSSR count). The highest BCUT2D eigenvalue weighted by molar-refractivity contribution is 5.49. The zero-order valence-corrected chi connectivity index (χ0v) is 11.7. The maximum atomic E-state index is 5.85. The minimum Gasteiger partial charge on any atom is -0.439 e. The maximum absolute atomic E-state index is 5.85. The average Bonchev–Trinajstić information content (AvgIpc) is 2.43. The van der Waals surface area contributed by atoms with E-state index in [9.17, 15) is 0 Å². The van der Waals surface area contributed by atoms with Gasteiger partial charge in [0.25, 0.3) is 0 Å². The van der Waals surface area contributed by atoms with Crippen molar-refractivity contribution in [3.05, 3.63) is 54.5 Å². The van der Waals surface area contributed by atoms with Gasteiger partial charge in [-0.1, -0.05) is 19.4 Å². The molecule has 0 fully saturated rings. The van der Waals surface area contributed by atoms with E-state index >= 15 is 0 Å². The molecule has 0 spiro atoms. The molecule has 1 aromatic carbocycles. The predicted octanol–water partition coefficient (Wildman–Crippen LogP) is 3.53. The largest absolute Gasteiger partial charge is 0.439 e. The Labute approximate surface area is 119 Å². The van der Waals surface area contributed by atoms with Gasteiger partial charge >= 0.3 is 0 Å². The lowest BCUT2D eigenvalue weighted by Crippen LogP contribution is -1.97. The van der Waals surface area contributed by atoms with Gasteiger partial charge in [0.1, 0.15) is 12.1 Å². The second kappa shape index (κ2) is 6.70. The van der Waals surface area contributed by atoms with Gasteiger partial charge in [0, 0.05) is 23.0 Å². The van der Waals surface area contributed by atoms with Gasteiger partial charge in [-0.05, 0) is 31.0 Å². The number of anilines is 1. The molecule has 0 aliphatic carbocycles. The fourth-order valence-electron chi connectivity index (χ4n) is 1.95. The Bertz CT molecular complexity index is 596. The molecule has 0 bridgehead atoms. The van der Waals surface area contributed by atoms with Gasteiger partial charge in [0.15, 0.2) is 0 Å². The van der Waals surface area contributed by atoms with E-state index in [1.54, 1.807) is 0 Å². The number of hydrogen-bond donors (Lipinski definition) is 1. The fraction of sp³-hybridized carbons (Fsp3) is 0.250. The van der Waals surface area contributed by atoms with E-state index in [2.05, 4.69) is 23.5 Å². The standard InChI is InChI=1S/C16H19N3O/c1-3-5-12-9-13(17)7-8-15(12)20-16-10-14(6-4-2)18-11-19-16/h3,7-11H,1,4-6,17H2,2H3. The van der Waals surface area contributed by atoms with Crippen molar-refractivity contribution < 1.29 is 4.74 Å². The Morgan fingerprint density at radius 1 is 1.30 bits per heavy atom. The van der Waals surface area contributed by atoms with Gasteiger partial charge in [0.2, 0.25) is 5.88 Å². The molecule has 0 atom stereocenters. The summed E-state index contributed by atoms with van der Waals surface area (Å²) in [6.45, 7) is 5.87. The normalized spacial score (nSPS) is 10.2. The minimum absolute atomic E-state index is 0.554. The highest BCUT2D eigenvalue weighted by Crippen LogP contribution is 2.26. The molecular formula is C16H19N3O. The van der Waals surface area contributed by atoms with Crippen LogP contribution in [0.1, 0.15) is 24.6 Å². The van der Waals surface area contributed by atoms with Gasteiger partial charge < -0.3 is 10.5 Å². The van der Waals surface area contributed by atoms with Crippen LogP contribution in [0.4, 0.5) is 5.69 Å². The van der Waals surface area contributed by atoms with Crippen molar-refractivity contribution in [3.63, 3.8) is 0 Å². The fourth-order valence-corrected chi connectivity index (χ4v) is 1.95. The average molecular weight is 269 g/mol. The van der Waals surface area contributed by atoms with Gasteiger partial charge in [0.05, 0.1) is 0 Å². The van der Waals surface area contributed by atoms with Crippen LogP contribution in [0.5, 0.6) is 11.6 Å². The van der Waals surface area contributed by atoms with Crippen molar-refractivity contribution >= 4 is 5.69 Å². The van der Waals surface area contributed by atoms with Crippen molar-refractivity contribution in [2.45, 2.75) is 26.2 Å². The molecule has 0 aliphatic rings. The first-order chi connectivity index (χ1) is 9.72. The Balaban J connectivity index is 2.24. The maximum Gasteiger partial charge on any atom is 0.222 e. The molecule has 0 unspecified atom stereocenters. The highest BCUT2D eigenvalue weighted by atomic mass is 16.5. The molecule has 0 radical (unpaired) electrons. The number of hydrogen-bond acceptors (Lipinski definition) is 4. The summed E-state index contributed by atoms with van der Waals surface area (Å²) in [7, 11) is 0. The van der Waals surface area contributed by atoms with E-state index in [4.69, 9.17) is 10.5 Å². The van der Waals surface area contributed by atoms with Crippen LogP contribution < -0.4 is 10.5 Å². The summed E-state index contributed by atoms with van der Waals surface area (Å²) in [5.74, 6) is 1.30. The number of aromatic nitrogens is 2. The minimum atomic E-state index is 0.554. The van der Waals surface area contributed by atoms with E-state index in [0.717, 1.165) is 29.8 Å². The molecule has 0 saturated carbocycles. The Morgan fingerprint density at radius 2 is 2.15 bits per heavy atom. The molecule has 0 saturated heterocycles. The Morgan fingerprint density at radius 3 is 2.90 bits per heavy atom. The molecule has 1 aromatic heterocycles. The van der Waals surface area contributed by atoms with Crippen molar-refractivity contribution in [2.24, 2.45) is 0 Å². The summed E-state index contributed by atoms with van der Waals surface area (Å²) in [4.78, 5) is 8.37.